The van der Waals surface area contributed by atoms with Crippen LogP contribution >= 0.6 is 0 Å². The standard InChI is InChI=1S/C8H11N3O5S/c1-10(2)17(15,16)9-7-5-6(11(13)14)3-4-8(7)12/h3-5,9,12H,1-2H3. The molecule has 2 N–H and O–H groups in total. The zero-order valence-corrected chi connectivity index (χ0v) is 9.93. The number of nitrogens with zero attached hydrogens (tertiary/aromatic N) is 2. The number of anilines is 1. The lowest BCUT2D eigenvalue weighted by atomic mass is 10.2. The van der Waals surface area contributed by atoms with Crippen LogP contribution in [0.5, 0.6) is 5.75 Å². The van der Waals surface area contributed by atoms with E-state index in [1.807, 2.05) is 4.72 Å². The Kier molecular flexibility index (Phi) is 3.53. The monoisotopic (exact) mass is 261 g/mol. The number of hydrogen-bond donors (Lipinski definition) is 2. The largest absolute Gasteiger partial charge is 0.506 e. The number of nitrogens with one attached hydrogen (secondary N) is 1. The molecule has 0 radical (unpaired) electrons. The van der Waals surface area contributed by atoms with Gasteiger partial charge in [0.05, 0.1) is 10.6 Å². The van der Waals surface area contributed by atoms with Crippen molar-refractivity contribution < 1.29 is 18.4 Å². The summed E-state index contributed by atoms with van der Waals surface area (Å²) in [6, 6.07) is 3.06. The molecule has 0 spiro atoms. The summed E-state index contributed by atoms with van der Waals surface area (Å²) in [7, 11) is -1.24. The van der Waals surface area contributed by atoms with Crippen LogP contribution in [0.3, 0.4) is 0 Å². The molecular weight excluding hydrogens is 250 g/mol. The summed E-state index contributed by atoms with van der Waals surface area (Å²) >= 11 is 0. The van der Waals surface area contributed by atoms with Gasteiger partial charge in [-0.15, -0.1) is 0 Å². The van der Waals surface area contributed by atoms with Gasteiger partial charge in [-0.05, 0) is 6.07 Å². The lowest BCUT2D eigenvalue weighted by Crippen LogP contribution is -2.28. The van der Waals surface area contributed by atoms with Crippen molar-refractivity contribution in [2.24, 2.45) is 0 Å². The van der Waals surface area contributed by atoms with Gasteiger partial charge in [0.1, 0.15) is 5.75 Å². The lowest BCUT2D eigenvalue weighted by molar-refractivity contribution is -0.384. The van der Waals surface area contributed by atoms with E-state index in [4.69, 9.17) is 0 Å². The number of benzene rings is 1. The molecule has 94 valence electrons. The molecule has 0 saturated heterocycles. The molecule has 1 aromatic carbocycles. The van der Waals surface area contributed by atoms with Gasteiger partial charge in [-0.1, -0.05) is 0 Å². The van der Waals surface area contributed by atoms with Gasteiger partial charge >= 0.3 is 10.2 Å². The van der Waals surface area contributed by atoms with E-state index in [2.05, 4.69) is 0 Å². The molecule has 0 aromatic heterocycles. The van der Waals surface area contributed by atoms with Crippen LogP contribution in [0, 0.1) is 10.1 Å². The molecule has 9 heteroatoms. The molecule has 1 rings (SSSR count). The average Bonchev–Trinajstić information content (AvgIpc) is 2.20. The van der Waals surface area contributed by atoms with Gasteiger partial charge in [-0.25, -0.2) is 0 Å². The molecule has 0 bridgehead atoms. The summed E-state index contributed by atoms with van der Waals surface area (Å²) in [5.41, 5.74) is -0.563. The molecule has 0 aliphatic heterocycles. The second-order valence-corrected chi connectivity index (χ2v) is 5.23. The lowest BCUT2D eigenvalue weighted by Gasteiger charge is -2.13. The van der Waals surface area contributed by atoms with Crippen molar-refractivity contribution in [3.8, 4) is 5.75 Å². The first-order valence-electron chi connectivity index (χ1n) is 4.41. The minimum absolute atomic E-state index is 0.243. The van der Waals surface area contributed by atoms with E-state index in [-0.39, 0.29) is 17.1 Å². The molecule has 17 heavy (non-hydrogen) atoms. The number of hydrogen-bond acceptors (Lipinski definition) is 5. The highest BCUT2D eigenvalue weighted by atomic mass is 32.2. The van der Waals surface area contributed by atoms with Gasteiger partial charge in [0.2, 0.25) is 0 Å². The van der Waals surface area contributed by atoms with Crippen molar-refractivity contribution in [1.29, 1.82) is 0 Å². The summed E-state index contributed by atoms with van der Waals surface area (Å²) < 4.78 is 25.8. The number of aromatic hydroxyl groups is 1. The molecule has 1 aromatic rings. The third kappa shape index (κ3) is 3.04. The van der Waals surface area contributed by atoms with Gasteiger partial charge < -0.3 is 5.11 Å². The van der Waals surface area contributed by atoms with Crippen molar-refractivity contribution in [2.75, 3.05) is 18.8 Å². The quantitative estimate of drug-likeness (QED) is 0.466. The van der Waals surface area contributed by atoms with Crippen molar-refractivity contribution >= 4 is 21.6 Å². The summed E-state index contributed by atoms with van der Waals surface area (Å²) in [5, 5.41) is 19.9. The van der Waals surface area contributed by atoms with Crippen LogP contribution in [0.4, 0.5) is 11.4 Å². The van der Waals surface area contributed by atoms with Crippen LogP contribution in [0.25, 0.3) is 0 Å². The van der Waals surface area contributed by atoms with E-state index in [0.29, 0.717) is 0 Å². The van der Waals surface area contributed by atoms with Gasteiger partial charge in [0.25, 0.3) is 5.69 Å². The van der Waals surface area contributed by atoms with Crippen molar-refractivity contribution in [3.63, 3.8) is 0 Å². The minimum Gasteiger partial charge on any atom is -0.506 e. The fraction of sp³-hybridized carbons (Fsp3) is 0.250. The number of non-ortho nitro benzene ring substituents is 1. The van der Waals surface area contributed by atoms with Gasteiger partial charge in [-0.3, -0.25) is 14.8 Å². The maximum Gasteiger partial charge on any atom is 0.301 e. The van der Waals surface area contributed by atoms with Crippen molar-refractivity contribution in [1.82, 2.24) is 4.31 Å². The van der Waals surface area contributed by atoms with Gasteiger partial charge in [-0.2, -0.15) is 12.7 Å². The smallest absolute Gasteiger partial charge is 0.301 e. The molecule has 0 unspecified atom stereocenters. The van der Waals surface area contributed by atoms with Crippen molar-refractivity contribution in [3.05, 3.63) is 28.3 Å². The Morgan fingerprint density at radius 3 is 2.47 bits per heavy atom. The Bertz CT molecular complexity index is 540. The Hall–Kier alpha value is -1.87. The minimum atomic E-state index is -3.82. The summed E-state index contributed by atoms with van der Waals surface area (Å²) in [4.78, 5) is 9.81. The van der Waals surface area contributed by atoms with Crippen LogP contribution in [0.2, 0.25) is 0 Å². The predicted molar refractivity (Wildman–Crippen MR) is 61.0 cm³/mol. The molecule has 0 heterocycles. The molecule has 0 aliphatic rings. The Morgan fingerprint density at radius 2 is 2.00 bits per heavy atom. The molecule has 0 saturated carbocycles. The topological polar surface area (TPSA) is 113 Å². The zero-order valence-electron chi connectivity index (χ0n) is 9.11. The van der Waals surface area contributed by atoms with Crippen LogP contribution in [-0.4, -0.2) is 36.8 Å². The van der Waals surface area contributed by atoms with Gasteiger partial charge in [0.15, 0.2) is 0 Å². The van der Waals surface area contributed by atoms with Crippen LogP contribution in [-0.2, 0) is 10.2 Å². The third-order valence-electron chi connectivity index (χ3n) is 1.91. The first-order valence-corrected chi connectivity index (χ1v) is 5.85. The van der Waals surface area contributed by atoms with E-state index < -0.39 is 15.1 Å². The van der Waals surface area contributed by atoms with Crippen LogP contribution in [0.1, 0.15) is 0 Å². The predicted octanol–water partition coefficient (Wildman–Crippen LogP) is 0.519. The SMILES string of the molecule is CN(C)S(=O)(=O)Nc1cc([N+](=O)[O-])ccc1O. The zero-order chi connectivity index (χ0) is 13.2. The van der Waals surface area contributed by atoms with E-state index in [9.17, 15) is 23.6 Å². The van der Waals surface area contributed by atoms with Gasteiger partial charge in [0, 0.05) is 26.2 Å². The van der Waals surface area contributed by atoms with E-state index in [0.717, 1.165) is 22.5 Å². The molecular formula is C8H11N3O5S. The number of phenols is 1. The number of phenolic OH excluding ortho intramolecular Hbond substituents is 1. The van der Waals surface area contributed by atoms with Crippen LogP contribution in [0.15, 0.2) is 18.2 Å². The highest BCUT2D eigenvalue weighted by Crippen LogP contribution is 2.28. The highest BCUT2D eigenvalue weighted by Gasteiger charge is 2.17. The van der Waals surface area contributed by atoms with E-state index in [1.165, 1.54) is 14.1 Å². The summed E-state index contributed by atoms with van der Waals surface area (Å²) in [6.07, 6.45) is 0. The number of nitro benzene ring substituents is 1. The Balaban J connectivity index is 3.15. The molecule has 0 atom stereocenters. The fourth-order valence-corrected chi connectivity index (χ4v) is 1.57. The summed E-state index contributed by atoms with van der Waals surface area (Å²) in [5.74, 6) is -0.388. The fourth-order valence-electron chi connectivity index (χ4n) is 0.950. The van der Waals surface area contributed by atoms with Crippen LogP contribution < -0.4 is 4.72 Å². The average molecular weight is 261 g/mol. The molecule has 8 nitrogen and oxygen atoms in total. The molecule has 0 fully saturated rings. The second kappa shape index (κ2) is 4.55. The highest BCUT2D eigenvalue weighted by molar-refractivity contribution is 7.90. The number of nitro groups is 1. The first kappa shape index (κ1) is 13.2. The Morgan fingerprint density at radius 1 is 1.41 bits per heavy atom. The maximum absolute atomic E-state index is 11.5. The Labute approximate surface area is 97.8 Å². The van der Waals surface area contributed by atoms with E-state index >= 15 is 0 Å². The second-order valence-electron chi connectivity index (χ2n) is 3.35. The van der Waals surface area contributed by atoms with Crippen molar-refractivity contribution in [2.45, 2.75) is 0 Å². The molecule has 0 amide bonds. The third-order valence-corrected chi connectivity index (χ3v) is 3.35. The molecule has 0 aliphatic carbocycles. The number of rotatable bonds is 4. The maximum atomic E-state index is 11.5. The summed E-state index contributed by atoms with van der Waals surface area (Å²) in [6.45, 7) is 0. The first-order chi connectivity index (χ1) is 7.74. The van der Waals surface area contributed by atoms with E-state index in [1.54, 1.807) is 0 Å². The normalized spacial score (nSPS) is 11.5.